The van der Waals surface area contributed by atoms with Crippen LogP contribution in [0.2, 0.25) is 0 Å². The molecule has 0 radical (unpaired) electrons. The van der Waals surface area contributed by atoms with Crippen molar-refractivity contribution in [1.29, 1.82) is 0 Å². The van der Waals surface area contributed by atoms with Gasteiger partial charge in [0.05, 0.1) is 29.4 Å². The first kappa shape index (κ1) is 22.8. The van der Waals surface area contributed by atoms with Crippen molar-refractivity contribution in [3.63, 3.8) is 0 Å². The van der Waals surface area contributed by atoms with Gasteiger partial charge in [0.2, 0.25) is 0 Å². The second-order valence-electron chi connectivity index (χ2n) is 8.13. The molecule has 0 spiro atoms. The highest BCUT2D eigenvalue weighted by molar-refractivity contribution is 7.59. The molecular formula is C21H27F2N7OS. The summed E-state index contributed by atoms with van der Waals surface area (Å²) < 4.78 is 35.9. The van der Waals surface area contributed by atoms with Crippen molar-refractivity contribution in [2.45, 2.75) is 31.2 Å². The Morgan fingerprint density at radius 1 is 1.22 bits per heavy atom. The first-order valence-electron chi connectivity index (χ1n) is 10.7. The van der Waals surface area contributed by atoms with Crippen molar-refractivity contribution in [3.05, 3.63) is 30.9 Å². The van der Waals surface area contributed by atoms with Gasteiger partial charge in [-0.05, 0) is 18.9 Å². The number of fused-ring (bicyclic) bond motifs is 1. The molecule has 3 aromatic heterocycles. The molecule has 2 aliphatic heterocycles. The number of pyridine rings is 1. The van der Waals surface area contributed by atoms with E-state index in [9.17, 15) is 8.78 Å². The van der Waals surface area contributed by atoms with Gasteiger partial charge < -0.3 is 15.4 Å². The zero-order valence-corrected chi connectivity index (χ0v) is 18.6. The van der Waals surface area contributed by atoms with Crippen molar-refractivity contribution in [2.24, 2.45) is 5.92 Å². The maximum absolute atomic E-state index is 14.3. The number of halogens is 2. The summed E-state index contributed by atoms with van der Waals surface area (Å²) in [5.41, 5.74) is 2.76. The van der Waals surface area contributed by atoms with Gasteiger partial charge in [0.15, 0.2) is 5.82 Å². The Bertz CT molecular complexity index is 1060. The maximum atomic E-state index is 14.3. The summed E-state index contributed by atoms with van der Waals surface area (Å²) in [6.07, 6.45) is 8.64. The van der Waals surface area contributed by atoms with Crippen LogP contribution in [0.4, 0.5) is 14.6 Å². The highest BCUT2D eigenvalue weighted by atomic mass is 32.1. The molecule has 172 valence electrons. The molecule has 5 heterocycles. The van der Waals surface area contributed by atoms with Gasteiger partial charge >= 0.3 is 0 Å². The van der Waals surface area contributed by atoms with Crippen LogP contribution in [-0.2, 0) is 4.74 Å². The van der Waals surface area contributed by atoms with Crippen LogP contribution in [0.15, 0.2) is 30.9 Å². The minimum Gasteiger partial charge on any atom is -0.381 e. The lowest BCUT2D eigenvalue weighted by Crippen LogP contribution is -2.47. The molecule has 0 aliphatic carbocycles. The lowest BCUT2D eigenvalue weighted by atomic mass is 9.95. The third-order valence-electron chi connectivity index (χ3n) is 6.06. The largest absolute Gasteiger partial charge is 0.381 e. The van der Waals surface area contributed by atoms with Gasteiger partial charge in [0.1, 0.15) is 5.52 Å². The number of aromatic nitrogens is 5. The summed E-state index contributed by atoms with van der Waals surface area (Å²) in [5, 5.41) is 10.7. The number of ether oxygens (including phenoxy) is 1. The van der Waals surface area contributed by atoms with E-state index >= 15 is 0 Å². The van der Waals surface area contributed by atoms with Crippen molar-refractivity contribution in [3.8, 4) is 11.3 Å². The highest BCUT2D eigenvalue weighted by Gasteiger charge is 2.41. The minimum absolute atomic E-state index is 0. The van der Waals surface area contributed by atoms with E-state index in [4.69, 9.17) is 9.72 Å². The third-order valence-corrected chi connectivity index (χ3v) is 6.06. The van der Waals surface area contributed by atoms with E-state index < -0.39 is 11.8 Å². The van der Waals surface area contributed by atoms with Crippen molar-refractivity contribution < 1.29 is 13.5 Å². The van der Waals surface area contributed by atoms with Gasteiger partial charge in [-0.1, -0.05) is 0 Å². The standard InChI is InChI=1S/C21H25F2N7O.H2S/c22-21(23)3-4-24-11-15(21)12-27-20-19-18(25-5-6-26-19)9-17(29-20)14-10-28-30(13-14)16-1-7-31-8-2-16;/h5-6,9-10,13,15-16,24H,1-4,7-8,11-12H2,(H,27,29);1H2/t15-;/m0./s1. The Morgan fingerprint density at radius 2 is 2.03 bits per heavy atom. The highest BCUT2D eigenvalue weighted by Crippen LogP contribution is 2.32. The monoisotopic (exact) mass is 463 g/mol. The molecular weight excluding hydrogens is 436 g/mol. The molecule has 0 amide bonds. The molecule has 0 aromatic carbocycles. The molecule has 11 heteroatoms. The van der Waals surface area contributed by atoms with E-state index in [1.165, 1.54) is 0 Å². The number of rotatable bonds is 5. The fourth-order valence-electron chi connectivity index (χ4n) is 4.19. The molecule has 8 nitrogen and oxygen atoms in total. The Labute approximate surface area is 191 Å². The number of nitrogens with zero attached hydrogens (tertiary/aromatic N) is 5. The zero-order valence-electron chi connectivity index (χ0n) is 17.6. The molecule has 0 unspecified atom stereocenters. The molecule has 32 heavy (non-hydrogen) atoms. The van der Waals surface area contributed by atoms with E-state index in [-0.39, 0.29) is 33.0 Å². The lowest BCUT2D eigenvalue weighted by Gasteiger charge is -2.32. The number of hydrogen-bond acceptors (Lipinski definition) is 7. The molecule has 3 aromatic rings. The fraction of sp³-hybridized carbons (Fsp3) is 0.524. The third kappa shape index (κ3) is 4.69. The van der Waals surface area contributed by atoms with Gasteiger partial charge in [-0.15, -0.1) is 0 Å². The molecule has 1 atom stereocenters. The number of anilines is 1. The SMILES string of the molecule is FC1(F)CCNC[C@H]1CNc1nc(-c2cnn(C3CCOCC3)c2)cc2nccnc12.S. The second-order valence-corrected chi connectivity index (χ2v) is 8.13. The maximum Gasteiger partial charge on any atom is 0.255 e. The summed E-state index contributed by atoms with van der Waals surface area (Å²) in [5.74, 6) is -3.06. The quantitative estimate of drug-likeness (QED) is 0.601. The first-order valence-corrected chi connectivity index (χ1v) is 10.7. The summed E-state index contributed by atoms with van der Waals surface area (Å²) in [4.78, 5) is 13.5. The fourth-order valence-corrected chi connectivity index (χ4v) is 4.19. The van der Waals surface area contributed by atoms with E-state index in [2.05, 4.69) is 25.7 Å². The van der Waals surface area contributed by atoms with Gasteiger partial charge in [0, 0.05) is 63.4 Å². The minimum atomic E-state index is -2.71. The van der Waals surface area contributed by atoms with Gasteiger partial charge in [0.25, 0.3) is 5.92 Å². The Balaban J connectivity index is 0.00000245. The number of piperidine rings is 1. The molecule has 2 saturated heterocycles. The van der Waals surface area contributed by atoms with Crippen LogP contribution in [0.1, 0.15) is 25.3 Å². The van der Waals surface area contributed by atoms with E-state index in [1.807, 2.05) is 16.9 Å². The summed E-state index contributed by atoms with van der Waals surface area (Å²) >= 11 is 0. The van der Waals surface area contributed by atoms with Gasteiger partial charge in [-0.3, -0.25) is 9.67 Å². The zero-order chi connectivity index (χ0) is 21.3. The van der Waals surface area contributed by atoms with Crippen LogP contribution >= 0.6 is 13.5 Å². The van der Waals surface area contributed by atoms with Crippen molar-refractivity contribution >= 4 is 30.3 Å². The second kappa shape index (κ2) is 9.63. The predicted octanol–water partition coefficient (Wildman–Crippen LogP) is 3.01. The number of nitrogens with one attached hydrogen (secondary N) is 2. The van der Waals surface area contributed by atoms with Crippen LogP contribution in [0.3, 0.4) is 0 Å². The predicted molar refractivity (Wildman–Crippen MR) is 122 cm³/mol. The van der Waals surface area contributed by atoms with Crippen LogP contribution < -0.4 is 10.6 Å². The lowest BCUT2D eigenvalue weighted by molar-refractivity contribution is -0.0728. The van der Waals surface area contributed by atoms with E-state index in [1.54, 1.807) is 18.6 Å². The van der Waals surface area contributed by atoms with Crippen LogP contribution in [0.5, 0.6) is 0 Å². The van der Waals surface area contributed by atoms with Crippen molar-refractivity contribution in [2.75, 3.05) is 38.2 Å². The summed E-state index contributed by atoms with van der Waals surface area (Å²) in [7, 11) is 0. The van der Waals surface area contributed by atoms with Crippen LogP contribution in [0, 0.1) is 5.92 Å². The summed E-state index contributed by atoms with van der Waals surface area (Å²) in [6.45, 7) is 2.17. The van der Waals surface area contributed by atoms with Gasteiger partial charge in [-0.25, -0.2) is 18.7 Å². The molecule has 5 rings (SSSR count). The normalized spacial score (nSPS) is 21.2. The smallest absolute Gasteiger partial charge is 0.255 e. The number of hydrogen-bond donors (Lipinski definition) is 2. The Morgan fingerprint density at radius 3 is 2.84 bits per heavy atom. The molecule has 0 bridgehead atoms. The number of alkyl halides is 2. The average molecular weight is 464 g/mol. The Hall–Kier alpha value is -2.37. The van der Waals surface area contributed by atoms with Crippen LogP contribution in [0.25, 0.3) is 22.3 Å². The van der Waals surface area contributed by atoms with E-state index in [0.717, 1.165) is 31.6 Å². The van der Waals surface area contributed by atoms with Crippen molar-refractivity contribution in [1.82, 2.24) is 30.0 Å². The Kier molecular flexibility index (Phi) is 6.87. The van der Waals surface area contributed by atoms with Crippen LogP contribution in [-0.4, -0.2) is 63.5 Å². The molecule has 2 N–H and O–H groups in total. The van der Waals surface area contributed by atoms with Gasteiger partial charge in [-0.2, -0.15) is 18.6 Å². The average Bonchev–Trinajstić information content (AvgIpc) is 3.29. The first-order chi connectivity index (χ1) is 15.1. The summed E-state index contributed by atoms with van der Waals surface area (Å²) in [6, 6.07) is 2.16. The topological polar surface area (TPSA) is 89.8 Å². The molecule has 2 fully saturated rings. The van der Waals surface area contributed by atoms with E-state index in [0.29, 0.717) is 35.1 Å². The molecule has 0 saturated carbocycles. The molecule has 2 aliphatic rings.